The van der Waals surface area contributed by atoms with Gasteiger partial charge in [-0.25, -0.2) is 22.8 Å². The molecule has 6 nitrogen and oxygen atoms in total. The zero-order chi connectivity index (χ0) is 19.8. The molecule has 0 spiro atoms. The maximum atomic E-state index is 13.2. The molecule has 0 saturated carbocycles. The number of hydrogen-bond acceptors (Lipinski definition) is 5. The van der Waals surface area contributed by atoms with Crippen LogP contribution in [-0.2, 0) is 10.0 Å². The van der Waals surface area contributed by atoms with Crippen molar-refractivity contribution in [1.82, 2.24) is 14.3 Å². The molecule has 0 N–H and O–H groups in total. The summed E-state index contributed by atoms with van der Waals surface area (Å²) in [5.74, 6) is 1.23. The topological polar surface area (TPSA) is 66.4 Å². The minimum absolute atomic E-state index is 0.0704. The summed E-state index contributed by atoms with van der Waals surface area (Å²) in [6.07, 6.45) is 0. The van der Waals surface area contributed by atoms with Crippen molar-refractivity contribution in [3.63, 3.8) is 0 Å². The molecule has 1 fully saturated rings. The van der Waals surface area contributed by atoms with Crippen LogP contribution in [0.5, 0.6) is 0 Å². The molecule has 1 aromatic carbocycles. The molecule has 9 heteroatoms. The molecule has 0 atom stereocenters. The third-order valence-corrected chi connectivity index (χ3v) is 6.83. The van der Waals surface area contributed by atoms with Gasteiger partial charge in [0.1, 0.15) is 22.4 Å². The molecule has 1 aliphatic rings. The highest BCUT2D eigenvalue weighted by molar-refractivity contribution is 7.89. The molecule has 0 unspecified atom stereocenters. The molecule has 2 aromatic rings. The van der Waals surface area contributed by atoms with Crippen molar-refractivity contribution < 1.29 is 12.8 Å². The molecule has 0 radical (unpaired) electrons. The summed E-state index contributed by atoms with van der Waals surface area (Å²) < 4.78 is 40.3. The van der Waals surface area contributed by atoms with Gasteiger partial charge >= 0.3 is 0 Å². The number of halogens is 2. The molecule has 146 valence electrons. The van der Waals surface area contributed by atoms with Crippen LogP contribution >= 0.6 is 11.6 Å². The van der Waals surface area contributed by atoms with E-state index in [1.807, 2.05) is 26.8 Å². The molecule has 0 amide bonds. The fourth-order valence-electron chi connectivity index (χ4n) is 2.98. The highest BCUT2D eigenvalue weighted by atomic mass is 35.5. The number of aromatic nitrogens is 2. The third kappa shape index (κ3) is 4.23. The van der Waals surface area contributed by atoms with Gasteiger partial charge in [0.05, 0.1) is 5.02 Å². The predicted molar refractivity (Wildman–Crippen MR) is 103 cm³/mol. The van der Waals surface area contributed by atoms with Gasteiger partial charge < -0.3 is 4.90 Å². The van der Waals surface area contributed by atoms with E-state index in [-0.39, 0.29) is 15.8 Å². The first-order valence-electron chi connectivity index (χ1n) is 8.74. The smallest absolute Gasteiger partial charge is 0.244 e. The van der Waals surface area contributed by atoms with Gasteiger partial charge in [-0.2, -0.15) is 4.31 Å². The van der Waals surface area contributed by atoms with E-state index < -0.39 is 15.8 Å². The summed E-state index contributed by atoms with van der Waals surface area (Å²) in [4.78, 5) is 11.0. The molecular formula is C18H22ClFN4O2S. The molecule has 1 aromatic heterocycles. The molecular weight excluding hydrogens is 391 g/mol. The first kappa shape index (κ1) is 20.0. The van der Waals surface area contributed by atoms with Crippen LogP contribution in [0.25, 0.3) is 0 Å². The van der Waals surface area contributed by atoms with Crippen molar-refractivity contribution in [2.75, 3.05) is 31.1 Å². The second-order valence-electron chi connectivity index (χ2n) is 6.85. The van der Waals surface area contributed by atoms with Crippen molar-refractivity contribution >= 4 is 27.4 Å². The standard InChI is InChI=1S/C18H22ClFN4O2S/c1-12(2)18-21-13(3)10-17(22-18)23-6-8-24(9-7-23)27(25,26)16-5-4-14(20)11-15(16)19/h4-5,10-12H,6-9H2,1-3H3. The second kappa shape index (κ2) is 7.69. The first-order chi connectivity index (χ1) is 12.7. The molecule has 0 aliphatic carbocycles. The number of piperazine rings is 1. The zero-order valence-electron chi connectivity index (χ0n) is 15.5. The minimum Gasteiger partial charge on any atom is -0.354 e. The maximum Gasteiger partial charge on any atom is 0.244 e. The van der Waals surface area contributed by atoms with E-state index in [0.717, 1.165) is 29.5 Å². The van der Waals surface area contributed by atoms with Gasteiger partial charge in [-0.3, -0.25) is 0 Å². The lowest BCUT2D eigenvalue weighted by Crippen LogP contribution is -2.49. The second-order valence-corrected chi connectivity index (χ2v) is 9.16. The lowest BCUT2D eigenvalue weighted by Gasteiger charge is -2.35. The van der Waals surface area contributed by atoms with E-state index in [1.54, 1.807) is 0 Å². The molecule has 2 heterocycles. The van der Waals surface area contributed by atoms with Crippen LogP contribution in [0.15, 0.2) is 29.2 Å². The van der Waals surface area contributed by atoms with Gasteiger partial charge in [0.25, 0.3) is 0 Å². The Balaban J connectivity index is 1.77. The SMILES string of the molecule is Cc1cc(N2CCN(S(=O)(=O)c3ccc(F)cc3Cl)CC2)nc(C(C)C)n1. The van der Waals surface area contributed by atoms with Crippen molar-refractivity contribution in [3.8, 4) is 0 Å². The minimum atomic E-state index is -3.77. The van der Waals surface area contributed by atoms with Crippen LogP contribution in [0.2, 0.25) is 5.02 Å². The highest BCUT2D eigenvalue weighted by Gasteiger charge is 2.30. The first-order valence-corrected chi connectivity index (χ1v) is 10.6. The van der Waals surface area contributed by atoms with Crippen LogP contribution in [0.1, 0.15) is 31.3 Å². The average Bonchev–Trinajstić information content (AvgIpc) is 2.61. The van der Waals surface area contributed by atoms with E-state index in [2.05, 4.69) is 14.9 Å². The van der Waals surface area contributed by atoms with Gasteiger partial charge in [-0.05, 0) is 25.1 Å². The maximum absolute atomic E-state index is 13.2. The summed E-state index contributed by atoms with van der Waals surface area (Å²) >= 11 is 5.95. The van der Waals surface area contributed by atoms with Gasteiger partial charge in [0.2, 0.25) is 10.0 Å². The fourth-order valence-corrected chi connectivity index (χ4v) is 4.90. The van der Waals surface area contributed by atoms with E-state index in [0.29, 0.717) is 26.2 Å². The number of rotatable bonds is 4. The van der Waals surface area contributed by atoms with Gasteiger partial charge in [0, 0.05) is 43.9 Å². The van der Waals surface area contributed by atoms with Crippen LogP contribution in [0.3, 0.4) is 0 Å². The summed E-state index contributed by atoms with van der Waals surface area (Å²) in [5, 5.41) is -0.106. The van der Waals surface area contributed by atoms with Crippen LogP contribution < -0.4 is 4.90 Å². The lowest BCUT2D eigenvalue weighted by molar-refractivity contribution is 0.383. The summed E-state index contributed by atoms with van der Waals surface area (Å²) in [6, 6.07) is 5.24. The van der Waals surface area contributed by atoms with Gasteiger partial charge in [0.15, 0.2) is 0 Å². The molecule has 1 saturated heterocycles. The van der Waals surface area contributed by atoms with Crippen molar-refractivity contribution in [3.05, 3.63) is 46.6 Å². The zero-order valence-corrected chi connectivity index (χ0v) is 17.1. The monoisotopic (exact) mass is 412 g/mol. The van der Waals surface area contributed by atoms with E-state index >= 15 is 0 Å². The highest BCUT2D eigenvalue weighted by Crippen LogP contribution is 2.27. The lowest BCUT2D eigenvalue weighted by atomic mass is 10.2. The van der Waals surface area contributed by atoms with Gasteiger partial charge in [-0.1, -0.05) is 25.4 Å². The Kier molecular flexibility index (Phi) is 5.69. The number of nitrogens with zero attached hydrogens (tertiary/aromatic N) is 4. The summed E-state index contributed by atoms with van der Waals surface area (Å²) in [5.41, 5.74) is 0.886. The predicted octanol–water partition coefficient (Wildman–Crippen LogP) is 3.21. The Bertz CT molecular complexity index is 944. The quantitative estimate of drug-likeness (QED) is 0.771. The third-order valence-electron chi connectivity index (χ3n) is 4.45. The van der Waals surface area contributed by atoms with Crippen molar-refractivity contribution in [2.45, 2.75) is 31.6 Å². The number of anilines is 1. The number of hydrogen-bond donors (Lipinski definition) is 0. The Hall–Kier alpha value is -1.77. The number of sulfonamides is 1. The van der Waals surface area contributed by atoms with Crippen molar-refractivity contribution in [1.29, 1.82) is 0 Å². The Morgan fingerprint density at radius 1 is 1.11 bits per heavy atom. The number of aryl methyl sites for hydroxylation is 1. The summed E-state index contributed by atoms with van der Waals surface area (Å²) in [6.45, 7) is 7.61. The normalized spacial score (nSPS) is 16.1. The Labute approximate surface area is 164 Å². The molecule has 0 bridgehead atoms. The van der Waals surface area contributed by atoms with E-state index in [1.165, 1.54) is 10.4 Å². The Morgan fingerprint density at radius 2 is 1.78 bits per heavy atom. The van der Waals surface area contributed by atoms with Crippen LogP contribution in [0.4, 0.5) is 10.2 Å². The average molecular weight is 413 g/mol. The van der Waals surface area contributed by atoms with Crippen LogP contribution in [0, 0.1) is 12.7 Å². The largest absolute Gasteiger partial charge is 0.354 e. The molecule has 3 rings (SSSR count). The Morgan fingerprint density at radius 3 is 2.37 bits per heavy atom. The fraction of sp³-hybridized carbons (Fsp3) is 0.444. The number of benzene rings is 1. The van der Waals surface area contributed by atoms with E-state index in [9.17, 15) is 12.8 Å². The molecule has 27 heavy (non-hydrogen) atoms. The summed E-state index contributed by atoms with van der Waals surface area (Å²) in [7, 11) is -3.77. The van der Waals surface area contributed by atoms with Crippen LogP contribution in [-0.4, -0.2) is 48.9 Å². The van der Waals surface area contributed by atoms with Gasteiger partial charge in [-0.15, -0.1) is 0 Å². The van der Waals surface area contributed by atoms with Crippen molar-refractivity contribution in [2.24, 2.45) is 0 Å². The van der Waals surface area contributed by atoms with E-state index in [4.69, 9.17) is 11.6 Å². The molecule has 1 aliphatic heterocycles.